The van der Waals surface area contributed by atoms with Gasteiger partial charge in [-0.3, -0.25) is 15.0 Å². The second-order valence-corrected chi connectivity index (χ2v) is 9.72. The number of ether oxygens (including phenoxy) is 1. The van der Waals surface area contributed by atoms with E-state index in [0.717, 1.165) is 55.6 Å². The molecule has 6 rings (SSSR count). The lowest BCUT2D eigenvalue weighted by Gasteiger charge is -2.01. The summed E-state index contributed by atoms with van der Waals surface area (Å²) >= 11 is 0. The molecular formula is C29H47N3O. The zero-order valence-electron chi connectivity index (χ0n) is 22.2. The fourth-order valence-corrected chi connectivity index (χ4v) is 5.38. The summed E-state index contributed by atoms with van der Waals surface area (Å²) < 4.78 is 5.36. The van der Waals surface area contributed by atoms with Crippen LogP contribution >= 0.6 is 0 Å². The summed E-state index contributed by atoms with van der Waals surface area (Å²) in [4.78, 5) is 12.8. The van der Waals surface area contributed by atoms with E-state index in [1.54, 1.807) is 12.4 Å². The van der Waals surface area contributed by atoms with Crippen molar-refractivity contribution in [2.45, 2.75) is 87.0 Å². The standard InChI is InChI=1S/C9H11N.C8H10N2.C8H14O.2C2H6/c1-7-5-8-3-2-4-10-9(8)6-7;1-6-4-7-8(5-6)10-3-2-9-7;1-6-2-7-4-9-5-8(7)3-6;2*1-2/h2-4,7H,5-6H2,1H3;2-3,6H,4-5H2,1H3;6-8H,2-5H2,1H3;2*1-2H3. The van der Waals surface area contributed by atoms with Crippen molar-refractivity contribution >= 4 is 0 Å². The lowest BCUT2D eigenvalue weighted by Crippen LogP contribution is -2.01. The molecule has 2 fully saturated rings. The van der Waals surface area contributed by atoms with Gasteiger partial charge in [-0.05, 0) is 79.7 Å². The van der Waals surface area contributed by atoms with Gasteiger partial charge in [0.2, 0.25) is 0 Å². The van der Waals surface area contributed by atoms with Crippen molar-refractivity contribution in [3.05, 3.63) is 53.4 Å². The molecule has 33 heavy (non-hydrogen) atoms. The van der Waals surface area contributed by atoms with Gasteiger partial charge in [-0.1, -0.05) is 54.5 Å². The Kier molecular flexibility index (Phi) is 12.0. The van der Waals surface area contributed by atoms with E-state index >= 15 is 0 Å². The summed E-state index contributed by atoms with van der Waals surface area (Å²) in [5.74, 6) is 4.39. The Morgan fingerprint density at radius 2 is 1.12 bits per heavy atom. The average Bonchev–Trinajstić information content (AvgIpc) is 3.59. The first kappa shape index (κ1) is 27.4. The number of rotatable bonds is 0. The lowest BCUT2D eigenvalue weighted by atomic mass is 10.0. The third kappa shape index (κ3) is 8.17. The van der Waals surface area contributed by atoms with Gasteiger partial charge in [0.25, 0.3) is 0 Å². The summed E-state index contributed by atoms with van der Waals surface area (Å²) in [5, 5.41) is 0. The maximum Gasteiger partial charge on any atom is 0.0621 e. The van der Waals surface area contributed by atoms with Crippen molar-refractivity contribution in [3.63, 3.8) is 0 Å². The van der Waals surface area contributed by atoms with E-state index in [1.807, 2.05) is 40.0 Å². The molecular weight excluding hydrogens is 406 g/mol. The second kappa shape index (κ2) is 14.5. The fourth-order valence-electron chi connectivity index (χ4n) is 5.38. The van der Waals surface area contributed by atoms with E-state index in [-0.39, 0.29) is 0 Å². The van der Waals surface area contributed by atoms with Crippen LogP contribution in [0.3, 0.4) is 0 Å². The first-order chi connectivity index (χ1) is 16.1. The van der Waals surface area contributed by atoms with Gasteiger partial charge >= 0.3 is 0 Å². The van der Waals surface area contributed by atoms with Gasteiger partial charge in [0.15, 0.2) is 0 Å². The zero-order valence-corrected chi connectivity index (χ0v) is 22.2. The van der Waals surface area contributed by atoms with Crippen LogP contribution < -0.4 is 0 Å². The number of hydrogen-bond donors (Lipinski definition) is 0. The number of hydrogen-bond acceptors (Lipinski definition) is 4. The second-order valence-electron chi connectivity index (χ2n) is 9.72. The molecule has 0 amide bonds. The van der Waals surface area contributed by atoms with E-state index in [1.165, 1.54) is 48.3 Å². The number of fused-ring (bicyclic) bond motifs is 3. The Morgan fingerprint density at radius 1 is 0.636 bits per heavy atom. The monoisotopic (exact) mass is 453 g/mol. The highest BCUT2D eigenvalue weighted by atomic mass is 16.5. The molecule has 1 saturated carbocycles. The molecule has 0 spiro atoms. The normalized spacial score (nSPS) is 26.0. The third-order valence-electron chi connectivity index (χ3n) is 6.78. The van der Waals surface area contributed by atoms with Crippen molar-refractivity contribution in [2.24, 2.45) is 29.6 Å². The molecule has 4 nitrogen and oxygen atoms in total. The Balaban J connectivity index is 0.000000163. The van der Waals surface area contributed by atoms with Gasteiger partial charge in [-0.25, -0.2) is 0 Å². The predicted molar refractivity (Wildman–Crippen MR) is 138 cm³/mol. The largest absolute Gasteiger partial charge is 0.381 e. The highest BCUT2D eigenvalue weighted by Crippen LogP contribution is 2.39. The van der Waals surface area contributed by atoms with Gasteiger partial charge in [-0.15, -0.1) is 0 Å². The van der Waals surface area contributed by atoms with Crippen LogP contribution in [0.5, 0.6) is 0 Å². The van der Waals surface area contributed by atoms with Crippen LogP contribution in [0.25, 0.3) is 0 Å². The van der Waals surface area contributed by atoms with Crippen molar-refractivity contribution in [1.29, 1.82) is 0 Å². The van der Waals surface area contributed by atoms with Crippen LogP contribution in [-0.2, 0) is 30.4 Å². The summed E-state index contributed by atoms with van der Waals surface area (Å²) in [6.45, 7) is 17.0. The van der Waals surface area contributed by atoms with Crippen LogP contribution in [0.1, 0.15) is 84.0 Å². The fraction of sp³-hybridized carbons (Fsp3) is 0.690. The third-order valence-corrected chi connectivity index (χ3v) is 6.78. The van der Waals surface area contributed by atoms with E-state index < -0.39 is 0 Å². The first-order valence-electron chi connectivity index (χ1n) is 13.4. The summed E-state index contributed by atoms with van der Waals surface area (Å²) in [6.07, 6.45) is 12.9. The molecule has 3 atom stereocenters. The van der Waals surface area contributed by atoms with E-state index in [9.17, 15) is 0 Å². The molecule has 2 aromatic heterocycles. The average molecular weight is 454 g/mol. The van der Waals surface area contributed by atoms with Gasteiger partial charge < -0.3 is 4.74 Å². The van der Waals surface area contributed by atoms with Gasteiger partial charge in [-0.2, -0.15) is 0 Å². The van der Waals surface area contributed by atoms with Gasteiger partial charge in [0, 0.05) is 37.5 Å². The molecule has 0 N–H and O–H groups in total. The predicted octanol–water partition coefficient (Wildman–Crippen LogP) is 6.76. The summed E-state index contributed by atoms with van der Waals surface area (Å²) in [7, 11) is 0. The number of pyridine rings is 1. The van der Waals surface area contributed by atoms with Crippen LogP contribution in [0, 0.1) is 29.6 Å². The highest BCUT2D eigenvalue weighted by Gasteiger charge is 2.35. The SMILES string of the molecule is CC.CC.CC1CC2COCC2C1.CC1Cc2cccnc2C1.CC1Cc2nccnc2C1. The summed E-state index contributed by atoms with van der Waals surface area (Å²) in [6, 6.07) is 4.21. The van der Waals surface area contributed by atoms with E-state index in [4.69, 9.17) is 4.74 Å². The molecule has 1 aliphatic heterocycles. The maximum atomic E-state index is 5.36. The van der Waals surface area contributed by atoms with Crippen molar-refractivity contribution in [2.75, 3.05) is 13.2 Å². The van der Waals surface area contributed by atoms with Crippen molar-refractivity contribution in [1.82, 2.24) is 15.0 Å². The molecule has 4 heteroatoms. The molecule has 184 valence electrons. The summed E-state index contributed by atoms with van der Waals surface area (Å²) in [5.41, 5.74) is 5.18. The van der Waals surface area contributed by atoms with E-state index in [0.29, 0.717) is 0 Å². The number of aromatic nitrogens is 3. The van der Waals surface area contributed by atoms with Crippen molar-refractivity contribution < 1.29 is 4.74 Å². The van der Waals surface area contributed by atoms with Crippen LogP contribution in [0.4, 0.5) is 0 Å². The molecule has 0 aromatic carbocycles. The molecule has 0 bridgehead atoms. The Hall–Kier alpha value is -1.81. The topological polar surface area (TPSA) is 47.9 Å². The molecule has 4 aliphatic rings. The quantitative estimate of drug-likeness (QED) is 0.442. The van der Waals surface area contributed by atoms with Crippen molar-refractivity contribution in [3.8, 4) is 0 Å². The van der Waals surface area contributed by atoms with E-state index in [2.05, 4.69) is 41.8 Å². The minimum atomic E-state index is 0.748. The molecule has 0 radical (unpaired) electrons. The minimum absolute atomic E-state index is 0.748. The van der Waals surface area contributed by atoms with Crippen LogP contribution in [0.15, 0.2) is 30.7 Å². The molecule has 1 saturated heterocycles. The minimum Gasteiger partial charge on any atom is -0.381 e. The Bertz CT molecular complexity index is 693. The van der Waals surface area contributed by atoms with Gasteiger partial charge in [0.05, 0.1) is 11.4 Å². The van der Waals surface area contributed by atoms with Crippen LogP contribution in [0.2, 0.25) is 0 Å². The number of nitrogens with zero attached hydrogens (tertiary/aromatic N) is 3. The highest BCUT2D eigenvalue weighted by molar-refractivity contribution is 5.25. The Labute approximate surface area is 203 Å². The van der Waals surface area contributed by atoms with Gasteiger partial charge in [0.1, 0.15) is 0 Å². The Morgan fingerprint density at radius 3 is 1.67 bits per heavy atom. The smallest absolute Gasteiger partial charge is 0.0621 e. The molecule has 2 aromatic rings. The lowest BCUT2D eigenvalue weighted by molar-refractivity contribution is 0.168. The molecule has 3 unspecified atom stereocenters. The first-order valence-corrected chi connectivity index (χ1v) is 13.4. The maximum absolute atomic E-state index is 5.36. The molecule has 3 heterocycles. The zero-order chi connectivity index (χ0) is 24.2. The molecule has 3 aliphatic carbocycles. The van der Waals surface area contributed by atoms with Crippen LogP contribution in [-0.4, -0.2) is 28.2 Å².